The number of benzene rings is 2. The highest BCUT2D eigenvalue weighted by molar-refractivity contribution is 7.92. The number of hydrogen-bond donors (Lipinski definition) is 0. The fourth-order valence-corrected chi connectivity index (χ4v) is 5.45. The van der Waals surface area contributed by atoms with Gasteiger partial charge in [-0.2, -0.15) is 0 Å². The summed E-state index contributed by atoms with van der Waals surface area (Å²) in [6, 6.07) is 13.9. The zero-order chi connectivity index (χ0) is 20.3. The van der Waals surface area contributed by atoms with Gasteiger partial charge < -0.3 is 9.64 Å². The van der Waals surface area contributed by atoms with Gasteiger partial charge in [0, 0.05) is 19.6 Å². The van der Waals surface area contributed by atoms with Crippen LogP contribution in [0.4, 0.5) is 5.69 Å². The van der Waals surface area contributed by atoms with Crippen LogP contribution in [0.25, 0.3) is 0 Å². The van der Waals surface area contributed by atoms with Gasteiger partial charge in [0.25, 0.3) is 15.9 Å². The third-order valence-corrected chi connectivity index (χ3v) is 7.40. The summed E-state index contributed by atoms with van der Waals surface area (Å²) in [6.45, 7) is 2.00. The van der Waals surface area contributed by atoms with Crippen molar-refractivity contribution in [2.45, 2.75) is 37.0 Å². The van der Waals surface area contributed by atoms with Crippen molar-refractivity contribution in [1.82, 2.24) is 4.90 Å². The lowest BCUT2D eigenvalue weighted by Crippen LogP contribution is -2.35. The molecule has 154 valence electrons. The molecule has 0 spiro atoms. The van der Waals surface area contributed by atoms with E-state index in [9.17, 15) is 13.2 Å². The molecular weight excluding hydrogens is 388 g/mol. The summed E-state index contributed by atoms with van der Waals surface area (Å²) in [5, 5.41) is 0. The lowest BCUT2D eigenvalue weighted by Gasteiger charge is -2.21. The van der Waals surface area contributed by atoms with Crippen LogP contribution < -0.4 is 9.04 Å². The molecule has 0 atom stereocenters. The Bertz CT molecular complexity index is 965. The minimum Gasteiger partial charge on any atom is -0.484 e. The molecular formula is C22H26N2O4S. The molecule has 0 aromatic heterocycles. The highest BCUT2D eigenvalue weighted by Gasteiger charge is 2.30. The van der Waals surface area contributed by atoms with E-state index in [0.717, 1.165) is 43.6 Å². The number of hydrogen-bond acceptors (Lipinski definition) is 4. The highest BCUT2D eigenvalue weighted by atomic mass is 32.2. The molecule has 2 aromatic carbocycles. The Morgan fingerprint density at radius 2 is 1.59 bits per heavy atom. The average molecular weight is 415 g/mol. The van der Waals surface area contributed by atoms with Gasteiger partial charge in [0.05, 0.1) is 10.6 Å². The average Bonchev–Trinajstić information content (AvgIpc) is 2.99. The van der Waals surface area contributed by atoms with Crippen LogP contribution in [0.3, 0.4) is 0 Å². The van der Waals surface area contributed by atoms with Gasteiger partial charge in [-0.05, 0) is 55.2 Å². The van der Waals surface area contributed by atoms with E-state index in [0.29, 0.717) is 12.3 Å². The summed E-state index contributed by atoms with van der Waals surface area (Å²) in [5.41, 5.74) is 1.79. The van der Waals surface area contributed by atoms with Crippen molar-refractivity contribution in [2.75, 3.05) is 30.5 Å². The van der Waals surface area contributed by atoms with Crippen LogP contribution in [0.1, 0.15) is 31.2 Å². The van der Waals surface area contributed by atoms with Gasteiger partial charge in [-0.25, -0.2) is 8.42 Å². The molecule has 2 aliphatic rings. The number of carbonyl (C=O) groups excluding carboxylic acids is 1. The maximum atomic E-state index is 13.0. The van der Waals surface area contributed by atoms with Crippen molar-refractivity contribution in [3.05, 3.63) is 54.1 Å². The Kier molecular flexibility index (Phi) is 5.76. The predicted molar refractivity (Wildman–Crippen MR) is 112 cm³/mol. The fourth-order valence-electron chi connectivity index (χ4n) is 3.95. The van der Waals surface area contributed by atoms with E-state index >= 15 is 0 Å². The summed E-state index contributed by atoms with van der Waals surface area (Å²) in [7, 11) is -3.62. The van der Waals surface area contributed by atoms with E-state index in [4.69, 9.17) is 4.74 Å². The van der Waals surface area contributed by atoms with Crippen molar-refractivity contribution in [2.24, 2.45) is 0 Å². The molecule has 0 N–H and O–H groups in total. The van der Waals surface area contributed by atoms with E-state index < -0.39 is 10.0 Å². The second kappa shape index (κ2) is 8.45. The number of fused-ring (bicyclic) bond motifs is 1. The Labute approximate surface area is 172 Å². The molecule has 0 bridgehead atoms. The maximum Gasteiger partial charge on any atom is 0.264 e. The molecule has 1 amide bonds. The molecule has 0 radical (unpaired) electrons. The Balaban J connectivity index is 1.41. The molecule has 4 rings (SSSR count). The molecule has 2 heterocycles. The smallest absolute Gasteiger partial charge is 0.264 e. The van der Waals surface area contributed by atoms with Crippen LogP contribution in [0.15, 0.2) is 53.4 Å². The van der Waals surface area contributed by atoms with Crippen molar-refractivity contribution < 1.29 is 17.9 Å². The molecule has 6 nitrogen and oxygen atoms in total. The van der Waals surface area contributed by atoms with E-state index in [1.807, 2.05) is 29.2 Å². The zero-order valence-electron chi connectivity index (χ0n) is 16.4. The molecule has 29 heavy (non-hydrogen) atoms. The van der Waals surface area contributed by atoms with Gasteiger partial charge in [0.1, 0.15) is 5.75 Å². The van der Waals surface area contributed by atoms with E-state index in [1.165, 1.54) is 17.1 Å². The third kappa shape index (κ3) is 4.24. The predicted octanol–water partition coefficient (Wildman–Crippen LogP) is 3.22. The van der Waals surface area contributed by atoms with E-state index in [-0.39, 0.29) is 17.4 Å². The normalized spacial score (nSPS) is 17.0. The van der Waals surface area contributed by atoms with Crippen molar-refractivity contribution in [3.63, 3.8) is 0 Å². The van der Waals surface area contributed by atoms with E-state index in [2.05, 4.69) is 0 Å². The summed E-state index contributed by atoms with van der Waals surface area (Å²) in [5.74, 6) is 0.478. The second-order valence-corrected chi connectivity index (χ2v) is 9.37. The van der Waals surface area contributed by atoms with Crippen LogP contribution in [0, 0.1) is 0 Å². The minimum atomic E-state index is -3.62. The highest BCUT2D eigenvalue weighted by Crippen LogP contribution is 2.33. The van der Waals surface area contributed by atoms with Crippen LogP contribution in [-0.2, 0) is 21.2 Å². The molecule has 2 aliphatic heterocycles. The monoisotopic (exact) mass is 414 g/mol. The standard InChI is InChI=1S/C22H26N2O4S/c25-22(23-14-5-1-2-6-15-23)17-28-19-9-11-20(12-10-19)29(26,27)24-16-13-18-7-3-4-8-21(18)24/h3-4,7-12H,1-2,5-6,13-17H2. The van der Waals surface area contributed by atoms with Crippen LogP contribution in [0.5, 0.6) is 5.75 Å². The number of anilines is 1. The summed E-state index contributed by atoms with van der Waals surface area (Å²) < 4.78 is 33.1. The van der Waals surface area contributed by atoms with Crippen LogP contribution in [-0.4, -0.2) is 45.5 Å². The molecule has 1 saturated heterocycles. The number of rotatable bonds is 5. The number of amides is 1. The second-order valence-electron chi connectivity index (χ2n) is 7.51. The molecule has 2 aromatic rings. The first-order valence-corrected chi connectivity index (χ1v) is 11.6. The van der Waals surface area contributed by atoms with Crippen LogP contribution in [0.2, 0.25) is 0 Å². The van der Waals surface area contributed by atoms with Crippen molar-refractivity contribution >= 4 is 21.6 Å². The number of carbonyl (C=O) groups is 1. The fraction of sp³-hybridized carbons (Fsp3) is 0.409. The largest absolute Gasteiger partial charge is 0.484 e. The SMILES string of the molecule is O=C(COc1ccc(S(=O)(=O)N2CCc3ccccc32)cc1)N1CCCCCC1. The molecule has 0 saturated carbocycles. The number of ether oxygens (including phenoxy) is 1. The Hall–Kier alpha value is -2.54. The van der Waals surface area contributed by atoms with Gasteiger partial charge >= 0.3 is 0 Å². The van der Waals surface area contributed by atoms with Gasteiger partial charge in [-0.15, -0.1) is 0 Å². The topological polar surface area (TPSA) is 66.9 Å². The molecule has 1 fully saturated rings. The minimum absolute atomic E-state index is 0.0164. The number of sulfonamides is 1. The van der Waals surface area contributed by atoms with Crippen LogP contribution >= 0.6 is 0 Å². The zero-order valence-corrected chi connectivity index (χ0v) is 17.2. The maximum absolute atomic E-state index is 13.0. The first-order valence-electron chi connectivity index (χ1n) is 10.2. The van der Waals surface area contributed by atoms with E-state index in [1.54, 1.807) is 24.3 Å². The lowest BCUT2D eigenvalue weighted by molar-refractivity contribution is -0.133. The first-order chi connectivity index (χ1) is 14.1. The Morgan fingerprint density at radius 1 is 0.897 bits per heavy atom. The third-order valence-electron chi connectivity index (χ3n) is 5.58. The first kappa shape index (κ1) is 19.8. The van der Waals surface area contributed by atoms with Gasteiger partial charge in [-0.3, -0.25) is 9.10 Å². The lowest BCUT2D eigenvalue weighted by atomic mass is 10.2. The van der Waals surface area contributed by atoms with Crippen molar-refractivity contribution in [1.29, 1.82) is 0 Å². The number of likely N-dealkylation sites (tertiary alicyclic amines) is 1. The number of nitrogens with zero attached hydrogens (tertiary/aromatic N) is 2. The summed E-state index contributed by atoms with van der Waals surface area (Å²) in [4.78, 5) is 14.4. The summed E-state index contributed by atoms with van der Waals surface area (Å²) >= 11 is 0. The quantitative estimate of drug-likeness (QED) is 0.753. The molecule has 7 heteroatoms. The number of para-hydroxylation sites is 1. The molecule has 0 aliphatic carbocycles. The van der Waals surface area contributed by atoms with Gasteiger partial charge in [0.15, 0.2) is 6.61 Å². The van der Waals surface area contributed by atoms with Crippen molar-refractivity contribution in [3.8, 4) is 5.75 Å². The molecule has 0 unspecified atom stereocenters. The summed E-state index contributed by atoms with van der Waals surface area (Å²) in [6.07, 6.45) is 5.13. The van der Waals surface area contributed by atoms with Gasteiger partial charge in [-0.1, -0.05) is 31.0 Å². The van der Waals surface area contributed by atoms with Gasteiger partial charge in [0.2, 0.25) is 0 Å². The Morgan fingerprint density at radius 3 is 2.31 bits per heavy atom.